The van der Waals surface area contributed by atoms with Gasteiger partial charge in [0.25, 0.3) is 17.7 Å². The number of hydrogen-bond acceptors (Lipinski definition) is 6. The molecule has 0 fully saturated rings. The highest BCUT2D eigenvalue weighted by Gasteiger charge is 2.34. The first-order chi connectivity index (χ1) is 16.5. The minimum absolute atomic E-state index is 0.139. The molecule has 8 heteroatoms. The van der Waals surface area contributed by atoms with Gasteiger partial charge in [-0.05, 0) is 47.5 Å². The van der Waals surface area contributed by atoms with Gasteiger partial charge in [-0.3, -0.25) is 19.3 Å². The van der Waals surface area contributed by atoms with E-state index in [1.165, 1.54) is 26.2 Å². The molecule has 8 nitrogen and oxygen atoms in total. The summed E-state index contributed by atoms with van der Waals surface area (Å²) in [5.74, 6) is 0.600. The molecule has 3 aromatic rings. The molecule has 0 spiro atoms. The molecule has 4 rings (SSSR count). The van der Waals surface area contributed by atoms with Gasteiger partial charge < -0.3 is 19.5 Å². The van der Waals surface area contributed by atoms with Crippen molar-refractivity contribution < 1.29 is 28.6 Å². The number of carbonyl (C=O) groups excluding carboxylic acids is 3. The van der Waals surface area contributed by atoms with Gasteiger partial charge in [0.2, 0.25) is 5.75 Å². The fourth-order valence-electron chi connectivity index (χ4n) is 3.85. The summed E-state index contributed by atoms with van der Waals surface area (Å²) in [5.41, 5.74) is 2.81. The monoisotopic (exact) mass is 460 g/mol. The number of amides is 3. The minimum Gasteiger partial charge on any atom is -0.493 e. The Morgan fingerprint density at radius 1 is 0.794 bits per heavy atom. The van der Waals surface area contributed by atoms with Crippen LogP contribution in [0.5, 0.6) is 17.2 Å². The Morgan fingerprint density at radius 2 is 1.35 bits per heavy atom. The first-order valence-electron chi connectivity index (χ1n) is 10.6. The van der Waals surface area contributed by atoms with E-state index >= 15 is 0 Å². The molecular weight excluding hydrogens is 436 g/mol. The Balaban J connectivity index is 1.41. The smallest absolute Gasteiger partial charge is 0.261 e. The molecule has 1 aliphatic rings. The summed E-state index contributed by atoms with van der Waals surface area (Å²) in [5, 5.41) is 2.86. The standard InChI is InChI=1S/C26H24N2O6/c1-32-21-12-17(13-22(33-2)23(21)34-3)14-27-24(29)18-10-8-16(9-11-18)15-28-25(30)19-6-4-5-7-20(19)26(28)31/h4-13H,14-15H2,1-3H3,(H,27,29). The normalized spacial score (nSPS) is 12.4. The van der Waals surface area contributed by atoms with Crippen molar-refractivity contribution in [2.75, 3.05) is 21.3 Å². The Labute approximate surface area is 197 Å². The van der Waals surface area contributed by atoms with Gasteiger partial charge in [-0.15, -0.1) is 0 Å². The van der Waals surface area contributed by atoms with Crippen molar-refractivity contribution in [3.63, 3.8) is 0 Å². The molecule has 0 aliphatic carbocycles. The average Bonchev–Trinajstić information content (AvgIpc) is 3.11. The zero-order valence-electron chi connectivity index (χ0n) is 19.1. The lowest BCUT2D eigenvalue weighted by atomic mass is 10.1. The summed E-state index contributed by atoms with van der Waals surface area (Å²) in [6, 6.07) is 17.1. The van der Waals surface area contributed by atoms with Gasteiger partial charge in [0, 0.05) is 12.1 Å². The van der Waals surface area contributed by atoms with Gasteiger partial charge in [0.05, 0.1) is 39.0 Å². The quantitative estimate of drug-likeness (QED) is 0.518. The van der Waals surface area contributed by atoms with Crippen LogP contribution >= 0.6 is 0 Å². The van der Waals surface area contributed by atoms with E-state index in [9.17, 15) is 14.4 Å². The number of fused-ring (bicyclic) bond motifs is 1. The second kappa shape index (κ2) is 9.66. The molecule has 0 unspecified atom stereocenters. The van der Waals surface area contributed by atoms with Crippen LogP contribution < -0.4 is 19.5 Å². The van der Waals surface area contributed by atoms with Crippen LogP contribution in [0.3, 0.4) is 0 Å². The largest absolute Gasteiger partial charge is 0.493 e. The minimum atomic E-state index is -0.312. The van der Waals surface area contributed by atoms with Crippen molar-refractivity contribution in [3.8, 4) is 17.2 Å². The average molecular weight is 460 g/mol. The number of ether oxygens (including phenoxy) is 3. The Morgan fingerprint density at radius 3 is 1.85 bits per heavy atom. The molecule has 0 atom stereocenters. The van der Waals surface area contributed by atoms with Gasteiger partial charge in [-0.2, -0.15) is 0 Å². The van der Waals surface area contributed by atoms with E-state index in [4.69, 9.17) is 14.2 Å². The highest BCUT2D eigenvalue weighted by Crippen LogP contribution is 2.38. The van der Waals surface area contributed by atoms with Gasteiger partial charge in [0.15, 0.2) is 11.5 Å². The number of hydrogen-bond donors (Lipinski definition) is 1. The number of methoxy groups -OCH3 is 3. The molecule has 0 radical (unpaired) electrons. The van der Waals surface area contributed by atoms with Crippen molar-refractivity contribution in [2.45, 2.75) is 13.1 Å². The van der Waals surface area contributed by atoms with Crippen LogP contribution in [0, 0.1) is 0 Å². The second-order valence-corrected chi connectivity index (χ2v) is 7.66. The number of nitrogens with one attached hydrogen (secondary N) is 1. The fraction of sp³-hybridized carbons (Fsp3) is 0.192. The molecule has 0 saturated carbocycles. The number of carbonyl (C=O) groups is 3. The lowest BCUT2D eigenvalue weighted by Gasteiger charge is -2.15. The molecule has 0 saturated heterocycles. The number of benzene rings is 3. The molecule has 1 N–H and O–H groups in total. The predicted molar refractivity (Wildman–Crippen MR) is 124 cm³/mol. The Hall–Kier alpha value is -4.33. The van der Waals surface area contributed by atoms with Crippen molar-refractivity contribution in [3.05, 3.63) is 88.5 Å². The topological polar surface area (TPSA) is 94.2 Å². The molecule has 3 aromatic carbocycles. The maximum atomic E-state index is 12.6. The van der Waals surface area contributed by atoms with Gasteiger partial charge >= 0.3 is 0 Å². The number of imide groups is 1. The van der Waals surface area contributed by atoms with Crippen LogP contribution in [0.4, 0.5) is 0 Å². The lowest BCUT2D eigenvalue weighted by molar-refractivity contribution is 0.0641. The third-order valence-corrected chi connectivity index (χ3v) is 5.61. The summed E-state index contributed by atoms with van der Waals surface area (Å²) in [6.07, 6.45) is 0. The van der Waals surface area contributed by atoms with Crippen molar-refractivity contribution >= 4 is 17.7 Å². The first kappa shape index (κ1) is 22.8. The van der Waals surface area contributed by atoms with Crippen molar-refractivity contribution in [1.29, 1.82) is 0 Å². The van der Waals surface area contributed by atoms with Crippen LogP contribution in [-0.4, -0.2) is 44.0 Å². The lowest BCUT2D eigenvalue weighted by Crippen LogP contribution is -2.29. The van der Waals surface area contributed by atoms with E-state index in [0.717, 1.165) is 11.1 Å². The van der Waals surface area contributed by atoms with Crippen molar-refractivity contribution in [1.82, 2.24) is 10.2 Å². The molecule has 0 aromatic heterocycles. The fourth-order valence-corrected chi connectivity index (χ4v) is 3.85. The van der Waals surface area contributed by atoms with Crippen molar-refractivity contribution in [2.24, 2.45) is 0 Å². The van der Waals surface area contributed by atoms with Crippen LogP contribution in [-0.2, 0) is 13.1 Å². The molecule has 0 bridgehead atoms. The Bertz CT molecular complexity index is 1190. The highest BCUT2D eigenvalue weighted by atomic mass is 16.5. The Kier molecular flexibility index (Phi) is 6.49. The summed E-state index contributed by atoms with van der Waals surface area (Å²) in [6.45, 7) is 0.395. The van der Waals surface area contributed by atoms with Crippen LogP contribution in [0.2, 0.25) is 0 Å². The SMILES string of the molecule is COc1cc(CNC(=O)c2ccc(CN3C(=O)c4ccccc4C3=O)cc2)cc(OC)c1OC. The highest BCUT2D eigenvalue weighted by molar-refractivity contribution is 6.21. The molecular formula is C26H24N2O6. The first-order valence-corrected chi connectivity index (χ1v) is 10.6. The molecule has 174 valence electrons. The van der Waals surface area contributed by atoms with E-state index in [0.29, 0.717) is 33.9 Å². The third-order valence-electron chi connectivity index (χ3n) is 5.61. The maximum absolute atomic E-state index is 12.6. The zero-order chi connectivity index (χ0) is 24.2. The molecule has 1 aliphatic heterocycles. The molecule has 1 heterocycles. The van der Waals surface area contributed by atoms with Gasteiger partial charge in [-0.25, -0.2) is 0 Å². The van der Waals surface area contributed by atoms with Gasteiger partial charge in [-0.1, -0.05) is 24.3 Å². The summed E-state index contributed by atoms with van der Waals surface area (Å²) < 4.78 is 16.0. The third kappa shape index (κ3) is 4.30. The van der Waals surface area contributed by atoms with Crippen LogP contribution in [0.1, 0.15) is 42.2 Å². The summed E-state index contributed by atoms with van der Waals surface area (Å²) in [4.78, 5) is 39.0. The van der Waals surface area contributed by atoms with E-state index in [2.05, 4.69) is 5.32 Å². The van der Waals surface area contributed by atoms with E-state index in [-0.39, 0.29) is 30.8 Å². The number of nitrogens with zero attached hydrogens (tertiary/aromatic N) is 1. The van der Waals surface area contributed by atoms with E-state index in [1.807, 2.05) is 0 Å². The summed E-state index contributed by atoms with van der Waals surface area (Å²) in [7, 11) is 4.59. The predicted octanol–water partition coefficient (Wildman–Crippen LogP) is 3.44. The second-order valence-electron chi connectivity index (χ2n) is 7.66. The van der Waals surface area contributed by atoms with Gasteiger partial charge in [0.1, 0.15) is 0 Å². The van der Waals surface area contributed by atoms with Crippen LogP contribution in [0.15, 0.2) is 60.7 Å². The van der Waals surface area contributed by atoms with Crippen LogP contribution in [0.25, 0.3) is 0 Å². The summed E-state index contributed by atoms with van der Waals surface area (Å²) >= 11 is 0. The molecule has 3 amide bonds. The number of rotatable bonds is 8. The van der Waals surface area contributed by atoms with E-state index < -0.39 is 0 Å². The van der Waals surface area contributed by atoms with E-state index in [1.54, 1.807) is 60.7 Å². The maximum Gasteiger partial charge on any atom is 0.261 e. The zero-order valence-corrected chi connectivity index (χ0v) is 19.1. The molecule has 34 heavy (non-hydrogen) atoms.